The summed E-state index contributed by atoms with van der Waals surface area (Å²) < 4.78 is 13.0. The molecule has 1 aliphatic heterocycles. The Labute approximate surface area is 348 Å². The summed E-state index contributed by atoms with van der Waals surface area (Å²) in [6.07, 6.45) is 7.26. The van der Waals surface area contributed by atoms with Crippen molar-refractivity contribution in [3.8, 4) is 39.9 Å². The molecule has 286 valence electrons. The lowest BCUT2D eigenvalue weighted by Gasteiger charge is -2.31. The maximum absolute atomic E-state index is 6.26. The third-order valence-electron chi connectivity index (χ3n) is 11.9. The Balaban J connectivity index is 0.991. The molecule has 9 nitrogen and oxygen atoms in total. The van der Waals surface area contributed by atoms with Crippen molar-refractivity contribution in [1.82, 2.24) is 33.6 Å². The molecule has 0 unspecified atom stereocenters. The smallest absolute Gasteiger partial charge is 0.236 e. The van der Waals surface area contributed by atoms with E-state index in [-0.39, 0.29) is 0 Å². The molecule has 1 aliphatic rings. The van der Waals surface area contributed by atoms with Gasteiger partial charge in [0.15, 0.2) is 11.5 Å². The molecule has 0 aliphatic carbocycles. The molecule has 9 heteroatoms. The maximum Gasteiger partial charge on any atom is 0.236 e. The van der Waals surface area contributed by atoms with Crippen LogP contribution in [0, 0.1) is 0 Å². The van der Waals surface area contributed by atoms with Crippen LogP contribution in [0.25, 0.3) is 83.1 Å². The molecule has 0 atom stereocenters. The number of fused-ring (bicyclic) bond motifs is 9. The quantitative estimate of drug-likeness (QED) is 0.173. The van der Waals surface area contributed by atoms with Gasteiger partial charge in [0.05, 0.1) is 50.7 Å². The van der Waals surface area contributed by atoms with Crippen molar-refractivity contribution >= 4 is 71.8 Å². The molecular weight excluding hydrogens is 753 g/mol. The van der Waals surface area contributed by atoms with Crippen molar-refractivity contribution in [2.75, 3.05) is 4.90 Å². The summed E-state index contributed by atoms with van der Waals surface area (Å²) in [6, 6.07) is 59.4. The molecule has 0 N–H and O–H groups in total. The van der Waals surface area contributed by atoms with Crippen LogP contribution < -0.4 is 9.64 Å². The Morgan fingerprint density at radius 2 is 1.15 bits per heavy atom. The van der Waals surface area contributed by atoms with Gasteiger partial charge in [-0.2, -0.15) is 4.98 Å². The van der Waals surface area contributed by atoms with E-state index in [1.165, 1.54) is 5.39 Å². The minimum Gasteiger partial charge on any atom is -0.451 e. The Hall–Kier alpha value is -8.56. The van der Waals surface area contributed by atoms with Crippen molar-refractivity contribution in [2.24, 2.45) is 0 Å². The fourth-order valence-corrected chi connectivity index (χ4v) is 9.16. The van der Waals surface area contributed by atoms with E-state index in [1.54, 1.807) is 12.4 Å². The highest BCUT2D eigenvalue weighted by Crippen LogP contribution is 2.49. The Morgan fingerprint density at radius 1 is 0.443 bits per heavy atom. The lowest BCUT2D eigenvalue weighted by molar-refractivity contribution is 0.474. The topological polar surface area (TPSA) is 78.8 Å². The van der Waals surface area contributed by atoms with Crippen molar-refractivity contribution in [2.45, 2.75) is 0 Å². The average Bonchev–Trinajstić information content (AvgIpc) is 4.00. The van der Waals surface area contributed by atoms with Crippen LogP contribution in [-0.2, 0) is 0 Å². The molecule has 61 heavy (non-hydrogen) atoms. The van der Waals surface area contributed by atoms with Crippen LogP contribution in [0.5, 0.6) is 11.5 Å². The highest BCUT2D eigenvalue weighted by atomic mass is 16.5. The lowest BCUT2D eigenvalue weighted by Crippen LogP contribution is -2.18. The number of para-hydroxylation sites is 5. The number of aromatic nitrogens is 7. The summed E-state index contributed by atoms with van der Waals surface area (Å²) in [7, 11) is 0. The van der Waals surface area contributed by atoms with Crippen LogP contribution in [0.1, 0.15) is 0 Å². The predicted molar refractivity (Wildman–Crippen MR) is 243 cm³/mol. The summed E-state index contributed by atoms with van der Waals surface area (Å²) in [5.41, 5.74) is 12.5. The van der Waals surface area contributed by atoms with Crippen LogP contribution in [0.4, 0.5) is 17.2 Å². The second-order valence-corrected chi connectivity index (χ2v) is 15.3. The first kappa shape index (κ1) is 33.4. The Kier molecular flexibility index (Phi) is 7.11. The Bertz CT molecular complexity index is 3670. The number of pyridine rings is 1. The van der Waals surface area contributed by atoms with Gasteiger partial charge in [-0.1, -0.05) is 84.9 Å². The predicted octanol–water partition coefficient (Wildman–Crippen LogP) is 12.6. The van der Waals surface area contributed by atoms with E-state index in [1.807, 2.05) is 55.0 Å². The van der Waals surface area contributed by atoms with E-state index in [2.05, 4.69) is 151 Å². The van der Waals surface area contributed by atoms with E-state index in [9.17, 15) is 0 Å². The van der Waals surface area contributed by atoms with Gasteiger partial charge in [0.1, 0.15) is 12.1 Å². The van der Waals surface area contributed by atoms with Gasteiger partial charge in [-0.3, -0.25) is 19.0 Å². The largest absolute Gasteiger partial charge is 0.451 e. The summed E-state index contributed by atoms with van der Waals surface area (Å²) in [4.78, 5) is 21.4. The van der Waals surface area contributed by atoms with Gasteiger partial charge in [-0.05, 0) is 96.1 Å². The second kappa shape index (κ2) is 13.0. The van der Waals surface area contributed by atoms with Gasteiger partial charge in [-0.15, -0.1) is 0 Å². The number of hydrogen-bond acceptors (Lipinski definition) is 6. The fraction of sp³-hybridized carbons (Fsp3) is 0. The number of anilines is 3. The third kappa shape index (κ3) is 5.07. The van der Waals surface area contributed by atoms with Crippen LogP contribution in [0.15, 0.2) is 195 Å². The molecule has 0 saturated heterocycles. The second-order valence-electron chi connectivity index (χ2n) is 15.3. The van der Waals surface area contributed by atoms with Crippen LogP contribution >= 0.6 is 0 Å². The average molecular weight is 785 g/mol. The van der Waals surface area contributed by atoms with E-state index >= 15 is 0 Å². The van der Waals surface area contributed by atoms with Gasteiger partial charge >= 0.3 is 0 Å². The first-order valence-corrected chi connectivity index (χ1v) is 20.2. The molecule has 0 amide bonds. The zero-order valence-electron chi connectivity index (χ0n) is 32.5. The van der Waals surface area contributed by atoms with Gasteiger partial charge in [0, 0.05) is 45.3 Å². The minimum atomic E-state index is 0.574. The molecule has 13 rings (SSSR count). The van der Waals surface area contributed by atoms with Crippen LogP contribution in [-0.4, -0.2) is 33.6 Å². The van der Waals surface area contributed by atoms with Gasteiger partial charge < -0.3 is 9.30 Å². The van der Waals surface area contributed by atoms with Crippen molar-refractivity contribution in [1.29, 1.82) is 0 Å². The van der Waals surface area contributed by atoms with Gasteiger partial charge in [0.2, 0.25) is 5.95 Å². The van der Waals surface area contributed by atoms with Crippen molar-refractivity contribution < 1.29 is 4.74 Å². The molecule has 6 heterocycles. The number of imidazole rings is 1. The van der Waals surface area contributed by atoms with Gasteiger partial charge in [0.25, 0.3) is 0 Å². The SMILES string of the molecule is c1ccc(-n2cnc3ccc(-c4cccc(-n5c6ccccc6c6cc7c(cc65)c5ccccc5n7-c5nccc(N6c7ccccc7Oc7cnccc76)n5)c4)cc32)cc1. The molecule has 5 aromatic heterocycles. The first-order chi connectivity index (χ1) is 30.2. The number of hydrogen-bond donors (Lipinski definition) is 0. The zero-order chi connectivity index (χ0) is 40.0. The molecule has 0 fully saturated rings. The van der Waals surface area contributed by atoms with Crippen LogP contribution in [0.3, 0.4) is 0 Å². The Morgan fingerprint density at radius 3 is 2.00 bits per heavy atom. The van der Waals surface area contributed by atoms with Crippen molar-refractivity contribution in [3.63, 3.8) is 0 Å². The molecule has 0 bridgehead atoms. The zero-order valence-corrected chi connectivity index (χ0v) is 32.5. The third-order valence-corrected chi connectivity index (χ3v) is 11.9. The normalized spacial score (nSPS) is 12.4. The molecule has 0 radical (unpaired) electrons. The van der Waals surface area contributed by atoms with Crippen molar-refractivity contribution in [3.05, 3.63) is 195 Å². The summed E-state index contributed by atoms with van der Waals surface area (Å²) in [6.45, 7) is 0. The number of ether oxygens (including phenoxy) is 1. The monoisotopic (exact) mass is 784 g/mol. The lowest BCUT2D eigenvalue weighted by atomic mass is 10.0. The maximum atomic E-state index is 6.26. The first-order valence-electron chi connectivity index (χ1n) is 20.2. The number of benzene rings is 7. The minimum absolute atomic E-state index is 0.574. The van der Waals surface area contributed by atoms with Crippen LogP contribution in [0.2, 0.25) is 0 Å². The summed E-state index contributed by atoms with van der Waals surface area (Å²) in [5, 5.41) is 4.55. The van der Waals surface area contributed by atoms with E-state index in [0.717, 1.165) is 94.7 Å². The number of nitrogens with zero attached hydrogens (tertiary/aromatic N) is 8. The standard InChI is InChI=1S/C52H32N8O/c1-2-12-35(13-3-1)57-32-55-41-22-21-34(28-48(41)57)33-11-10-14-36(27-33)58-42-17-6-4-15-37(42)39-30-47-40(29-46(39)58)38-16-5-7-18-43(38)60(47)52-54-26-24-51(56-52)59-44-19-8-9-20-49(44)61-50-31-53-25-23-45(50)59/h1-32H. The molecule has 7 aromatic carbocycles. The van der Waals surface area contributed by atoms with E-state index in [0.29, 0.717) is 11.7 Å². The molecule has 0 spiro atoms. The fourth-order valence-electron chi connectivity index (χ4n) is 9.16. The van der Waals surface area contributed by atoms with Gasteiger partial charge in [-0.25, -0.2) is 9.97 Å². The summed E-state index contributed by atoms with van der Waals surface area (Å²) >= 11 is 0. The van der Waals surface area contributed by atoms with E-state index in [4.69, 9.17) is 19.7 Å². The summed E-state index contributed by atoms with van der Waals surface area (Å²) in [5.74, 6) is 2.70. The molecule has 0 saturated carbocycles. The molecule has 12 aromatic rings. The highest BCUT2D eigenvalue weighted by Gasteiger charge is 2.28. The molecular formula is C52H32N8O. The number of rotatable bonds is 5. The van der Waals surface area contributed by atoms with E-state index < -0.39 is 0 Å². The highest BCUT2D eigenvalue weighted by molar-refractivity contribution is 6.19.